The summed E-state index contributed by atoms with van der Waals surface area (Å²) in [5.74, 6) is 0.841. The van der Waals surface area contributed by atoms with Gasteiger partial charge in [0.2, 0.25) is 5.91 Å². The van der Waals surface area contributed by atoms with Gasteiger partial charge in [0.1, 0.15) is 6.07 Å². The predicted octanol–water partition coefficient (Wildman–Crippen LogP) is 2.18. The van der Waals surface area contributed by atoms with Gasteiger partial charge in [0.15, 0.2) is 0 Å². The van der Waals surface area contributed by atoms with E-state index in [0.717, 1.165) is 12.3 Å². The van der Waals surface area contributed by atoms with Gasteiger partial charge in [-0.15, -0.1) is 11.8 Å². The Balaban J connectivity index is 2.52. The highest BCUT2D eigenvalue weighted by Gasteiger charge is 2.14. The highest BCUT2D eigenvalue weighted by Crippen LogP contribution is 2.17. The molecule has 0 aliphatic carbocycles. The van der Waals surface area contributed by atoms with Crippen LogP contribution in [0.1, 0.15) is 12.5 Å². The van der Waals surface area contributed by atoms with Crippen LogP contribution < -0.4 is 5.32 Å². The van der Waals surface area contributed by atoms with Gasteiger partial charge >= 0.3 is 0 Å². The molecule has 1 unspecified atom stereocenters. The van der Waals surface area contributed by atoms with Gasteiger partial charge in [-0.05, 0) is 33.2 Å². The van der Waals surface area contributed by atoms with Gasteiger partial charge < -0.3 is 10.2 Å². The zero-order valence-electron chi connectivity index (χ0n) is 11.5. The number of carbonyl (C=O) groups excluding carboxylic acids is 1. The fourth-order valence-corrected chi connectivity index (χ4v) is 2.45. The molecule has 0 aromatic heterocycles. The van der Waals surface area contributed by atoms with Gasteiger partial charge in [0, 0.05) is 12.3 Å². The van der Waals surface area contributed by atoms with Crippen molar-refractivity contribution in [3.63, 3.8) is 0 Å². The number of amides is 1. The largest absolute Gasteiger partial charge is 0.324 e. The fourth-order valence-electron chi connectivity index (χ4n) is 1.41. The summed E-state index contributed by atoms with van der Waals surface area (Å²) in [6.07, 6.45) is 0. The molecule has 19 heavy (non-hydrogen) atoms. The lowest BCUT2D eigenvalue weighted by atomic mass is 10.2. The van der Waals surface area contributed by atoms with Gasteiger partial charge in [0.25, 0.3) is 0 Å². The van der Waals surface area contributed by atoms with Crippen LogP contribution in [0.2, 0.25) is 0 Å². The van der Waals surface area contributed by atoms with Crippen molar-refractivity contribution in [2.45, 2.75) is 12.2 Å². The van der Waals surface area contributed by atoms with Crippen LogP contribution in [0.4, 0.5) is 5.69 Å². The number of carbonyl (C=O) groups is 1. The zero-order chi connectivity index (χ0) is 14.3. The Morgan fingerprint density at radius 3 is 2.79 bits per heavy atom. The van der Waals surface area contributed by atoms with Crippen LogP contribution in [-0.2, 0) is 4.79 Å². The molecule has 1 N–H and O–H groups in total. The number of nitriles is 1. The standard InChI is InChI=1S/C14H19N3OS/c1-11(19-9-8-17(2)3)14(18)16-13-7-5-4-6-12(13)10-15/h4-7,11H,8-9H2,1-3H3,(H,16,18). The Hall–Kier alpha value is -1.51. The summed E-state index contributed by atoms with van der Waals surface area (Å²) in [6, 6.07) is 9.09. The molecule has 0 spiro atoms. The number of anilines is 1. The second-order valence-corrected chi connectivity index (χ2v) is 5.91. The average molecular weight is 277 g/mol. The Labute approximate surface area is 118 Å². The van der Waals surface area contributed by atoms with Crippen LogP contribution in [0.3, 0.4) is 0 Å². The third kappa shape index (κ3) is 5.33. The van der Waals surface area contributed by atoms with Crippen molar-refractivity contribution in [3.8, 4) is 6.07 Å². The highest BCUT2D eigenvalue weighted by atomic mass is 32.2. The summed E-state index contributed by atoms with van der Waals surface area (Å²) >= 11 is 1.61. The summed E-state index contributed by atoms with van der Waals surface area (Å²) in [5.41, 5.74) is 1.07. The second-order valence-electron chi connectivity index (χ2n) is 4.46. The van der Waals surface area contributed by atoms with Crippen molar-refractivity contribution in [1.29, 1.82) is 5.26 Å². The van der Waals surface area contributed by atoms with Gasteiger partial charge in [-0.25, -0.2) is 0 Å². The van der Waals surface area contributed by atoms with Crippen molar-refractivity contribution < 1.29 is 4.79 Å². The lowest BCUT2D eigenvalue weighted by molar-refractivity contribution is -0.115. The maximum Gasteiger partial charge on any atom is 0.237 e. The number of nitrogens with one attached hydrogen (secondary N) is 1. The molecule has 0 saturated carbocycles. The Bertz CT molecular complexity index is 468. The Morgan fingerprint density at radius 1 is 1.47 bits per heavy atom. The summed E-state index contributed by atoms with van der Waals surface area (Å²) in [7, 11) is 4.02. The van der Waals surface area contributed by atoms with Crippen molar-refractivity contribution in [1.82, 2.24) is 4.90 Å². The van der Waals surface area contributed by atoms with Gasteiger partial charge in [-0.3, -0.25) is 4.79 Å². The lowest BCUT2D eigenvalue weighted by Crippen LogP contribution is -2.25. The van der Waals surface area contributed by atoms with Crippen LogP contribution in [0.25, 0.3) is 0 Å². The number of thioether (sulfide) groups is 1. The van der Waals surface area contributed by atoms with E-state index in [2.05, 4.69) is 16.3 Å². The summed E-state index contributed by atoms with van der Waals surface area (Å²) < 4.78 is 0. The molecule has 1 aromatic rings. The number of nitrogens with zero attached hydrogens (tertiary/aromatic N) is 2. The second kappa shape index (κ2) is 7.82. The minimum atomic E-state index is -0.133. The first-order valence-electron chi connectivity index (χ1n) is 6.11. The smallest absolute Gasteiger partial charge is 0.237 e. The molecule has 0 aliphatic heterocycles. The SMILES string of the molecule is CC(SCCN(C)C)C(=O)Nc1ccccc1C#N. The van der Waals surface area contributed by atoms with Gasteiger partial charge in [0.05, 0.1) is 16.5 Å². The molecule has 4 nitrogen and oxygen atoms in total. The van der Waals surface area contributed by atoms with E-state index in [1.807, 2.05) is 21.0 Å². The van der Waals surface area contributed by atoms with Crippen LogP contribution in [0.15, 0.2) is 24.3 Å². The number of hydrogen-bond acceptors (Lipinski definition) is 4. The van der Waals surface area contributed by atoms with E-state index in [9.17, 15) is 4.79 Å². The highest BCUT2D eigenvalue weighted by molar-refractivity contribution is 8.00. The summed E-state index contributed by atoms with van der Waals surface area (Å²) in [6.45, 7) is 2.82. The van der Waals surface area contributed by atoms with Crippen LogP contribution in [-0.4, -0.2) is 42.4 Å². The molecule has 1 aromatic carbocycles. The minimum absolute atomic E-state index is 0.0635. The molecule has 0 bridgehead atoms. The number of rotatable bonds is 6. The molecule has 1 amide bonds. The van der Waals surface area contributed by atoms with Crippen molar-refractivity contribution in [2.24, 2.45) is 0 Å². The zero-order valence-corrected chi connectivity index (χ0v) is 12.3. The minimum Gasteiger partial charge on any atom is -0.324 e. The molecule has 5 heteroatoms. The van der Waals surface area contributed by atoms with E-state index in [1.54, 1.807) is 36.0 Å². The Kier molecular flexibility index (Phi) is 6.40. The van der Waals surface area contributed by atoms with Crippen LogP contribution in [0.5, 0.6) is 0 Å². The lowest BCUT2D eigenvalue weighted by Gasteiger charge is -2.14. The van der Waals surface area contributed by atoms with E-state index in [0.29, 0.717) is 11.3 Å². The van der Waals surface area contributed by atoms with E-state index < -0.39 is 0 Å². The fraction of sp³-hybridized carbons (Fsp3) is 0.429. The molecule has 1 atom stereocenters. The molecule has 0 heterocycles. The monoisotopic (exact) mass is 277 g/mol. The summed E-state index contributed by atoms with van der Waals surface area (Å²) in [5, 5.41) is 11.6. The summed E-state index contributed by atoms with van der Waals surface area (Å²) in [4.78, 5) is 14.1. The first kappa shape index (κ1) is 15.5. The van der Waals surface area contributed by atoms with Crippen LogP contribution >= 0.6 is 11.8 Å². The van der Waals surface area contributed by atoms with Crippen molar-refractivity contribution in [2.75, 3.05) is 31.7 Å². The topological polar surface area (TPSA) is 56.1 Å². The molecular formula is C14H19N3OS. The molecule has 0 saturated heterocycles. The third-order valence-electron chi connectivity index (χ3n) is 2.58. The maximum absolute atomic E-state index is 12.0. The molecule has 1 rings (SSSR count). The van der Waals surface area contributed by atoms with E-state index in [4.69, 9.17) is 5.26 Å². The molecule has 0 radical (unpaired) electrons. The number of hydrogen-bond donors (Lipinski definition) is 1. The normalized spacial score (nSPS) is 11.9. The van der Waals surface area contributed by atoms with Crippen molar-refractivity contribution >= 4 is 23.4 Å². The Morgan fingerprint density at radius 2 is 2.16 bits per heavy atom. The van der Waals surface area contributed by atoms with E-state index in [-0.39, 0.29) is 11.2 Å². The van der Waals surface area contributed by atoms with E-state index in [1.165, 1.54) is 0 Å². The molecule has 0 fully saturated rings. The van der Waals surface area contributed by atoms with Crippen LogP contribution in [0, 0.1) is 11.3 Å². The van der Waals surface area contributed by atoms with Gasteiger partial charge in [-0.2, -0.15) is 5.26 Å². The van der Waals surface area contributed by atoms with E-state index >= 15 is 0 Å². The average Bonchev–Trinajstić information content (AvgIpc) is 2.38. The molecule has 0 aliphatic rings. The molecule has 102 valence electrons. The third-order valence-corrected chi connectivity index (χ3v) is 3.71. The first-order chi connectivity index (χ1) is 9.04. The van der Waals surface area contributed by atoms with Crippen molar-refractivity contribution in [3.05, 3.63) is 29.8 Å². The first-order valence-corrected chi connectivity index (χ1v) is 7.15. The number of para-hydroxylation sites is 1. The quantitative estimate of drug-likeness (QED) is 0.866. The predicted molar refractivity (Wildman–Crippen MR) is 80.3 cm³/mol. The maximum atomic E-state index is 12.0. The molecular weight excluding hydrogens is 258 g/mol. The van der Waals surface area contributed by atoms with Gasteiger partial charge in [-0.1, -0.05) is 12.1 Å². The number of benzene rings is 1.